The molecule has 2 bridgehead atoms. The molecule has 0 aromatic heterocycles. The molecular formula is C21H32IN3O2S. The topological polar surface area (TPSA) is 70.6 Å². The smallest absolute Gasteiger partial charge is 0.191 e. The van der Waals surface area contributed by atoms with Crippen LogP contribution in [0.15, 0.2) is 29.3 Å². The minimum absolute atomic E-state index is 0. The second-order valence-electron chi connectivity index (χ2n) is 8.67. The maximum Gasteiger partial charge on any atom is 0.191 e. The molecule has 2 aliphatic carbocycles. The van der Waals surface area contributed by atoms with Crippen molar-refractivity contribution in [2.24, 2.45) is 22.7 Å². The van der Waals surface area contributed by atoms with E-state index in [0.29, 0.717) is 30.6 Å². The van der Waals surface area contributed by atoms with Crippen LogP contribution in [0.2, 0.25) is 0 Å². The Morgan fingerprint density at radius 1 is 1.18 bits per heavy atom. The molecular weight excluding hydrogens is 485 g/mol. The lowest BCUT2D eigenvalue weighted by Gasteiger charge is -2.26. The number of fused-ring (bicyclic) bond motifs is 2. The molecule has 1 saturated heterocycles. The fourth-order valence-corrected chi connectivity index (χ4v) is 6.84. The van der Waals surface area contributed by atoms with Gasteiger partial charge >= 0.3 is 0 Å². The molecule has 28 heavy (non-hydrogen) atoms. The van der Waals surface area contributed by atoms with Crippen molar-refractivity contribution in [3.63, 3.8) is 0 Å². The van der Waals surface area contributed by atoms with Crippen LogP contribution in [0.4, 0.5) is 0 Å². The Morgan fingerprint density at radius 3 is 2.64 bits per heavy atom. The first kappa shape index (κ1) is 21.9. The Morgan fingerprint density at radius 2 is 2.00 bits per heavy atom. The van der Waals surface area contributed by atoms with Crippen LogP contribution >= 0.6 is 24.0 Å². The highest BCUT2D eigenvalue weighted by Gasteiger charge is 2.40. The van der Waals surface area contributed by atoms with Gasteiger partial charge in [0.15, 0.2) is 15.8 Å². The van der Waals surface area contributed by atoms with Crippen LogP contribution in [0.1, 0.15) is 43.2 Å². The molecule has 4 atom stereocenters. The van der Waals surface area contributed by atoms with E-state index in [1.54, 1.807) is 0 Å². The maximum absolute atomic E-state index is 11.7. The van der Waals surface area contributed by atoms with E-state index in [1.807, 2.05) is 0 Å². The summed E-state index contributed by atoms with van der Waals surface area (Å²) in [6.07, 6.45) is 6.06. The van der Waals surface area contributed by atoms with Gasteiger partial charge < -0.3 is 10.6 Å². The van der Waals surface area contributed by atoms with E-state index in [1.165, 1.54) is 36.8 Å². The van der Waals surface area contributed by atoms with Crippen molar-refractivity contribution in [2.75, 3.05) is 18.1 Å². The van der Waals surface area contributed by atoms with Gasteiger partial charge in [0.1, 0.15) is 0 Å². The predicted octanol–water partition coefficient (Wildman–Crippen LogP) is 3.27. The molecule has 3 fully saturated rings. The van der Waals surface area contributed by atoms with Gasteiger partial charge in [-0.25, -0.2) is 13.4 Å². The summed E-state index contributed by atoms with van der Waals surface area (Å²) in [5.41, 5.74) is 2.48. The Labute approximate surface area is 186 Å². The van der Waals surface area contributed by atoms with Gasteiger partial charge in [0.2, 0.25) is 0 Å². The lowest BCUT2D eigenvalue weighted by Crippen LogP contribution is -2.47. The molecule has 4 rings (SSSR count). The standard InChI is InChI=1S/C21H31N3O2S.HI/c1-15-4-2-3-5-19(15)13-23-21(22-12-17-8-9-27(25,26)14-17)24-20-11-16-6-7-18(20)10-16;/h2-5,16-18,20H,6-14H2,1H3,(H2,22,23,24);1H. The van der Waals surface area contributed by atoms with Crippen LogP contribution in [-0.4, -0.2) is 38.5 Å². The Kier molecular flexibility index (Phi) is 7.28. The number of rotatable bonds is 5. The molecule has 7 heteroatoms. The average molecular weight is 517 g/mol. The molecule has 5 nitrogen and oxygen atoms in total. The summed E-state index contributed by atoms with van der Waals surface area (Å²) in [5, 5.41) is 7.12. The van der Waals surface area contributed by atoms with Crippen LogP contribution in [0.3, 0.4) is 0 Å². The number of aryl methyl sites for hydroxylation is 1. The average Bonchev–Trinajstić information content (AvgIpc) is 3.34. The van der Waals surface area contributed by atoms with E-state index in [-0.39, 0.29) is 29.9 Å². The summed E-state index contributed by atoms with van der Waals surface area (Å²) in [6.45, 7) is 3.44. The zero-order valence-corrected chi connectivity index (χ0v) is 19.7. The lowest BCUT2D eigenvalue weighted by atomic mass is 9.95. The van der Waals surface area contributed by atoms with Crippen LogP contribution in [-0.2, 0) is 16.4 Å². The van der Waals surface area contributed by atoms with Gasteiger partial charge in [-0.2, -0.15) is 0 Å². The van der Waals surface area contributed by atoms with Crippen LogP contribution in [0, 0.1) is 24.7 Å². The largest absolute Gasteiger partial charge is 0.356 e. The fraction of sp³-hybridized carbons (Fsp3) is 0.667. The molecule has 2 N–H and O–H groups in total. The van der Waals surface area contributed by atoms with Crippen LogP contribution in [0.25, 0.3) is 0 Å². The quantitative estimate of drug-likeness (QED) is 0.358. The van der Waals surface area contributed by atoms with Crippen molar-refractivity contribution in [1.29, 1.82) is 0 Å². The maximum atomic E-state index is 11.7. The summed E-state index contributed by atoms with van der Waals surface area (Å²) in [5.74, 6) is 3.33. The Bertz CT molecular complexity index is 812. The fourth-order valence-electron chi connectivity index (χ4n) is 4.98. The third-order valence-corrected chi connectivity index (χ3v) is 8.45. The van der Waals surface area contributed by atoms with Crippen molar-refractivity contribution >= 4 is 39.8 Å². The van der Waals surface area contributed by atoms with Crippen LogP contribution < -0.4 is 10.6 Å². The number of guanidine groups is 1. The summed E-state index contributed by atoms with van der Waals surface area (Å²) < 4.78 is 23.5. The highest BCUT2D eigenvalue weighted by atomic mass is 127. The SMILES string of the molecule is Cc1ccccc1CN=C(NCC1CCS(=O)(=O)C1)NC1CC2CCC1C2.I. The normalized spacial score (nSPS) is 30.8. The summed E-state index contributed by atoms with van der Waals surface area (Å²) in [6, 6.07) is 8.86. The Hall–Kier alpha value is -0.830. The predicted molar refractivity (Wildman–Crippen MR) is 125 cm³/mol. The monoisotopic (exact) mass is 517 g/mol. The number of nitrogens with zero attached hydrogens (tertiary/aromatic N) is 1. The highest BCUT2D eigenvalue weighted by Crippen LogP contribution is 2.44. The van der Waals surface area contributed by atoms with Crippen LogP contribution in [0.5, 0.6) is 0 Å². The van der Waals surface area contributed by atoms with Crippen molar-refractivity contribution in [1.82, 2.24) is 10.6 Å². The number of hydrogen-bond acceptors (Lipinski definition) is 3. The molecule has 3 aliphatic rings. The summed E-state index contributed by atoms with van der Waals surface area (Å²) in [7, 11) is -2.83. The molecule has 2 saturated carbocycles. The number of benzene rings is 1. The molecule has 1 aliphatic heterocycles. The van der Waals surface area contributed by atoms with Crippen molar-refractivity contribution in [2.45, 2.75) is 51.6 Å². The third-order valence-electron chi connectivity index (χ3n) is 6.61. The van der Waals surface area contributed by atoms with Gasteiger partial charge in [-0.3, -0.25) is 0 Å². The van der Waals surface area contributed by atoms with Gasteiger partial charge in [0, 0.05) is 12.6 Å². The van der Waals surface area contributed by atoms with E-state index in [4.69, 9.17) is 4.99 Å². The van der Waals surface area contributed by atoms with E-state index < -0.39 is 9.84 Å². The Balaban J connectivity index is 0.00000225. The van der Waals surface area contributed by atoms with Crippen molar-refractivity contribution in [3.8, 4) is 0 Å². The third kappa shape index (κ3) is 5.40. The first-order valence-corrected chi connectivity index (χ1v) is 12.1. The van der Waals surface area contributed by atoms with Crippen molar-refractivity contribution in [3.05, 3.63) is 35.4 Å². The van der Waals surface area contributed by atoms with E-state index in [9.17, 15) is 8.42 Å². The minimum Gasteiger partial charge on any atom is -0.356 e. The first-order chi connectivity index (χ1) is 13.0. The number of nitrogens with one attached hydrogen (secondary N) is 2. The molecule has 0 spiro atoms. The lowest BCUT2D eigenvalue weighted by molar-refractivity contribution is 0.386. The second-order valence-corrected chi connectivity index (χ2v) is 10.9. The summed E-state index contributed by atoms with van der Waals surface area (Å²) in [4.78, 5) is 4.84. The van der Waals surface area contributed by atoms with Gasteiger partial charge in [-0.15, -0.1) is 24.0 Å². The summed E-state index contributed by atoms with van der Waals surface area (Å²) >= 11 is 0. The molecule has 156 valence electrons. The number of halogens is 1. The van der Waals surface area contributed by atoms with Gasteiger partial charge in [0.25, 0.3) is 0 Å². The van der Waals surface area contributed by atoms with E-state index >= 15 is 0 Å². The zero-order valence-electron chi connectivity index (χ0n) is 16.6. The van der Waals surface area contributed by atoms with Gasteiger partial charge in [-0.1, -0.05) is 30.7 Å². The highest BCUT2D eigenvalue weighted by molar-refractivity contribution is 14.0. The molecule has 1 aromatic rings. The van der Waals surface area contributed by atoms with E-state index in [0.717, 1.165) is 24.2 Å². The van der Waals surface area contributed by atoms with Gasteiger partial charge in [-0.05, 0) is 61.5 Å². The number of sulfone groups is 1. The first-order valence-electron chi connectivity index (χ1n) is 10.3. The van der Waals surface area contributed by atoms with Gasteiger partial charge in [0.05, 0.1) is 18.1 Å². The zero-order chi connectivity index (χ0) is 18.9. The molecule has 1 heterocycles. The second kappa shape index (κ2) is 9.32. The number of aliphatic imine (C=N–C) groups is 1. The molecule has 0 radical (unpaired) electrons. The minimum atomic E-state index is -2.83. The molecule has 1 aromatic carbocycles. The molecule has 0 amide bonds. The molecule has 4 unspecified atom stereocenters. The number of hydrogen-bond donors (Lipinski definition) is 2. The van der Waals surface area contributed by atoms with Crippen molar-refractivity contribution < 1.29 is 8.42 Å². The van der Waals surface area contributed by atoms with E-state index in [2.05, 4.69) is 41.8 Å².